The van der Waals surface area contributed by atoms with E-state index in [0.717, 1.165) is 5.75 Å². The summed E-state index contributed by atoms with van der Waals surface area (Å²) in [6.45, 7) is 4.18. The molecule has 0 aromatic rings. The second-order valence-corrected chi connectivity index (χ2v) is 8.15. The first-order valence-corrected chi connectivity index (χ1v) is 11.0. The Morgan fingerprint density at radius 1 is 1.23 bits per heavy atom. The van der Waals surface area contributed by atoms with Crippen LogP contribution in [0.25, 0.3) is 0 Å². The third-order valence-electron chi connectivity index (χ3n) is 3.71. The molecule has 0 aliphatic rings. The molecule has 0 bridgehead atoms. The highest BCUT2D eigenvalue weighted by Crippen LogP contribution is 2.22. The number of carbonyl (C=O) groups is 4. The molecule has 0 saturated heterocycles. The summed E-state index contributed by atoms with van der Waals surface area (Å²) in [6, 6.07) is -0.585. The molecule has 1 amide bonds. The van der Waals surface area contributed by atoms with E-state index in [1.165, 1.54) is 10.8 Å². The van der Waals surface area contributed by atoms with E-state index in [2.05, 4.69) is 10.1 Å². The van der Waals surface area contributed by atoms with E-state index in [-0.39, 0.29) is 31.0 Å². The summed E-state index contributed by atoms with van der Waals surface area (Å²) in [5.41, 5.74) is 5.43. The van der Waals surface area contributed by atoms with Crippen LogP contribution in [0.2, 0.25) is 0 Å². The smallest absolute Gasteiger partial charge is 0.345 e. The molecule has 0 radical (unpaired) electrons. The molecule has 0 saturated carbocycles. The maximum Gasteiger partial charge on any atom is 0.345 e. The zero-order valence-electron chi connectivity index (χ0n) is 15.1. The van der Waals surface area contributed by atoms with Crippen LogP contribution in [0, 0.1) is 5.92 Å². The molecule has 10 heteroatoms. The maximum absolute atomic E-state index is 12.5. The van der Waals surface area contributed by atoms with Crippen molar-refractivity contribution in [3.63, 3.8) is 0 Å². The molecule has 8 nitrogen and oxygen atoms in total. The number of ketones is 1. The molecule has 0 rings (SSSR count). The van der Waals surface area contributed by atoms with Crippen molar-refractivity contribution < 1.29 is 29.0 Å². The van der Waals surface area contributed by atoms with Gasteiger partial charge in [-0.05, 0) is 19.3 Å². The van der Waals surface area contributed by atoms with Crippen molar-refractivity contribution in [2.45, 2.75) is 51.7 Å². The van der Waals surface area contributed by atoms with E-state index >= 15 is 0 Å². The molecule has 150 valence electrons. The molecule has 0 aromatic heterocycles. The summed E-state index contributed by atoms with van der Waals surface area (Å²) in [4.78, 5) is 45.9. The first kappa shape index (κ1) is 24.7. The Morgan fingerprint density at radius 3 is 2.42 bits per heavy atom. The Balaban J connectivity index is 4.70. The van der Waals surface area contributed by atoms with E-state index < -0.39 is 24.0 Å². The Kier molecular flexibility index (Phi) is 14.1. The van der Waals surface area contributed by atoms with E-state index in [0.29, 0.717) is 25.1 Å². The van der Waals surface area contributed by atoms with E-state index in [1.54, 1.807) is 17.7 Å². The van der Waals surface area contributed by atoms with Gasteiger partial charge in [0.15, 0.2) is 11.9 Å². The molecular formula is C16H28N2O6S2. The predicted molar refractivity (Wildman–Crippen MR) is 103 cm³/mol. The van der Waals surface area contributed by atoms with E-state index in [4.69, 9.17) is 10.8 Å². The van der Waals surface area contributed by atoms with E-state index in [9.17, 15) is 19.2 Å². The lowest BCUT2D eigenvalue weighted by Crippen LogP contribution is -2.45. The van der Waals surface area contributed by atoms with E-state index in [1.807, 2.05) is 6.92 Å². The Morgan fingerprint density at radius 2 is 1.92 bits per heavy atom. The summed E-state index contributed by atoms with van der Waals surface area (Å²) in [6.07, 6.45) is -0.187. The Bertz CT molecular complexity index is 464. The number of rotatable bonds is 16. The average Bonchev–Trinajstić information content (AvgIpc) is 2.62. The molecule has 4 N–H and O–H groups in total. The minimum atomic E-state index is -1.27. The molecule has 0 aliphatic carbocycles. The van der Waals surface area contributed by atoms with Gasteiger partial charge in [0, 0.05) is 30.4 Å². The maximum atomic E-state index is 12.5. The van der Waals surface area contributed by atoms with Gasteiger partial charge in [-0.25, -0.2) is 4.79 Å². The number of ether oxygens (including phenoxy) is 1. The van der Waals surface area contributed by atoms with Gasteiger partial charge in [-0.15, -0.1) is 0 Å². The number of nitrogens with two attached hydrogens (primary N) is 1. The fourth-order valence-electron chi connectivity index (χ4n) is 2.16. The Hall–Kier alpha value is -1.26. The van der Waals surface area contributed by atoms with Gasteiger partial charge in [0.25, 0.3) is 6.47 Å². The molecule has 0 fully saturated rings. The first-order valence-electron chi connectivity index (χ1n) is 8.50. The second kappa shape index (κ2) is 14.9. The first-order chi connectivity index (χ1) is 12.4. The van der Waals surface area contributed by atoms with Crippen LogP contribution in [-0.4, -0.2) is 59.4 Å². The predicted octanol–water partition coefficient (Wildman–Crippen LogP) is 1.22. The number of hydrogen-bond acceptors (Lipinski definition) is 8. The zero-order valence-corrected chi connectivity index (χ0v) is 16.8. The average molecular weight is 409 g/mol. The van der Waals surface area contributed by atoms with Crippen LogP contribution in [0.4, 0.5) is 0 Å². The highest BCUT2D eigenvalue weighted by atomic mass is 33.1. The lowest BCUT2D eigenvalue weighted by Gasteiger charge is -2.21. The van der Waals surface area contributed by atoms with Crippen LogP contribution in [0.15, 0.2) is 0 Å². The molecular weight excluding hydrogens is 380 g/mol. The van der Waals surface area contributed by atoms with Crippen molar-refractivity contribution in [1.82, 2.24) is 5.32 Å². The number of hydrogen-bond donors (Lipinski definition) is 3. The van der Waals surface area contributed by atoms with Crippen LogP contribution in [0.5, 0.6) is 0 Å². The van der Waals surface area contributed by atoms with Crippen molar-refractivity contribution in [1.29, 1.82) is 0 Å². The van der Waals surface area contributed by atoms with Gasteiger partial charge in [-0.3, -0.25) is 14.4 Å². The number of carboxylic acids is 1. The summed E-state index contributed by atoms with van der Waals surface area (Å²) in [5.74, 6) is -0.844. The second-order valence-electron chi connectivity index (χ2n) is 5.52. The number of aliphatic carboxylic acids is 1. The standard InChI is InChI=1S/C16H28N2O6S2/c1-3-11(5-6-14(16(22)23)24-10-19)15(21)18-12(13(20)4-2)9-26-25-8-7-17/h10-12,14H,3-9,17H2,1-2H3,(H,18,21)(H,22,23)/t11-,12+,14?/m0/s1. The summed E-state index contributed by atoms with van der Waals surface area (Å²) in [5, 5.41) is 11.7. The van der Waals surface area contributed by atoms with Crippen molar-refractivity contribution in [3.8, 4) is 0 Å². The number of nitrogens with one attached hydrogen (secondary N) is 1. The number of amides is 1. The van der Waals surface area contributed by atoms with Gasteiger partial charge in [-0.2, -0.15) is 0 Å². The summed E-state index contributed by atoms with van der Waals surface area (Å²) in [7, 11) is 3.03. The highest BCUT2D eigenvalue weighted by molar-refractivity contribution is 8.76. The monoisotopic (exact) mass is 408 g/mol. The molecule has 0 heterocycles. The number of carboxylic acid groups (broad SMARTS) is 1. The van der Waals surface area contributed by atoms with Crippen LogP contribution in [-0.2, 0) is 23.9 Å². The quantitative estimate of drug-likeness (QED) is 0.196. The minimum Gasteiger partial charge on any atom is -0.479 e. The van der Waals surface area contributed by atoms with Gasteiger partial charge in [0.2, 0.25) is 5.91 Å². The van der Waals surface area contributed by atoms with Gasteiger partial charge in [-0.1, -0.05) is 35.4 Å². The van der Waals surface area contributed by atoms with Crippen LogP contribution >= 0.6 is 21.6 Å². The fourth-order valence-corrected chi connectivity index (χ4v) is 4.22. The normalized spacial score (nSPS) is 14.1. The van der Waals surface area contributed by atoms with Gasteiger partial charge < -0.3 is 20.9 Å². The summed E-state index contributed by atoms with van der Waals surface area (Å²) < 4.78 is 4.51. The van der Waals surface area contributed by atoms with Crippen LogP contribution < -0.4 is 11.1 Å². The SMILES string of the molecule is CCC(=O)[C@@H](CSSCCN)NC(=O)[C@@H](CC)CCC(OC=O)C(=O)O. The lowest BCUT2D eigenvalue weighted by molar-refractivity contribution is -0.157. The largest absolute Gasteiger partial charge is 0.479 e. The van der Waals surface area contributed by atoms with Crippen molar-refractivity contribution in [3.05, 3.63) is 0 Å². The third kappa shape index (κ3) is 10.0. The molecule has 26 heavy (non-hydrogen) atoms. The van der Waals surface area contributed by atoms with Crippen molar-refractivity contribution >= 4 is 45.7 Å². The summed E-state index contributed by atoms with van der Waals surface area (Å²) >= 11 is 0. The topological polar surface area (TPSA) is 136 Å². The zero-order chi connectivity index (χ0) is 19.9. The van der Waals surface area contributed by atoms with Gasteiger partial charge >= 0.3 is 5.97 Å². The van der Waals surface area contributed by atoms with Crippen LogP contribution in [0.3, 0.4) is 0 Å². The molecule has 0 aliphatic heterocycles. The highest BCUT2D eigenvalue weighted by Gasteiger charge is 2.26. The molecule has 1 unspecified atom stereocenters. The van der Waals surface area contributed by atoms with Gasteiger partial charge in [0.05, 0.1) is 6.04 Å². The lowest BCUT2D eigenvalue weighted by atomic mass is 9.96. The number of Topliss-reactive ketones (excluding diaryl/α,β-unsaturated/α-hetero) is 1. The Labute approximate surface area is 161 Å². The third-order valence-corrected chi connectivity index (χ3v) is 6.16. The molecule has 0 aromatic carbocycles. The van der Waals surface area contributed by atoms with Crippen LogP contribution in [0.1, 0.15) is 39.5 Å². The molecule has 3 atom stereocenters. The minimum absolute atomic E-state index is 0.0352. The number of carbonyl (C=O) groups excluding carboxylic acids is 3. The fraction of sp³-hybridized carbons (Fsp3) is 0.750. The van der Waals surface area contributed by atoms with Crippen molar-refractivity contribution in [2.75, 3.05) is 18.1 Å². The molecule has 0 spiro atoms. The van der Waals surface area contributed by atoms with Crippen molar-refractivity contribution in [2.24, 2.45) is 11.7 Å². The van der Waals surface area contributed by atoms with Gasteiger partial charge in [0.1, 0.15) is 0 Å².